The van der Waals surface area contributed by atoms with E-state index < -0.39 is 23.1 Å². The van der Waals surface area contributed by atoms with Crippen molar-refractivity contribution in [3.63, 3.8) is 0 Å². The Balaban J connectivity index is 1.32. The minimum Gasteiger partial charge on any atom is -0.507 e. The molecule has 58 heavy (non-hydrogen) atoms. The highest BCUT2D eigenvalue weighted by atomic mass is 16.3. The van der Waals surface area contributed by atoms with Crippen LogP contribution in [0.3, 0.4) is 0 Å². The van der Waals surface area contributed by atoms with Crippen LogP contribution in [0.2, 0.25) is 0 Å². The number of benzene rings is 6. The molecule has 8 nitrogen and oxygen atoms in total. The summed E-state index contributed by atoms with van der Waals surface area (Å²) < 4.78 is 0. The highest BCUT2D eigenvalue weighted by Crippen LogP contribution is 2.53. The zero-order valence-electron chi connectivity index (χ0n) is 33.2. The van der Waals surface area contributed by atoms with Crippen molar-refractivity contribution >= 4 is 66.8 Å². The number of anilines is 2. The molecule has 0 amide bonds. The van der Waals surface area contributed by atoms with Gasteiger partial charge in [-0.15, -0.1) is 0 Å². The molecule has 8 rings (SSSR count). The van der Waals surface area contributed by atoms with Gasteiger partial charge >= 0.3 is 0 Å². The van der Waals surface area contributed by atoms with Crippen LogP contribution >= 0.6 is 0 Å². The zero-order chi connectivity index (χ0) is 41.2. The number of ketones is 2. The highest BCUT2D eigenvalue weighted by molar-refractivity contribution is 6.35. The van der Waals surface area contributed by atoms with E-state index in [9.17, 15) is 30.0 Å². The van der Waals surface area contributed by atoms with Gasteiger partial charge in [0.15, 0.2) is 11.5 Å². The lowest BCUT2D eigenvalue weighted by atomic mass is 9.75. The average Bonchev–Trinajstić information content (AvgIpc) is 3.19. The second kappa shape index (κ2) is 14.5. The van der Waals surface area contributed by atoms with Crippen molar-refractivity contribution in [3.05, 3.63) is 154 Å². The Kier molecular flexibility index (Phi) is 9.44. The molecule has 8 heteroatoms. The number of carbonyl (C=O) groups excluding carboxylic acids is 2. The number of carbonyl (C=O) groups is 2. The number of phenolic OH excluding ortho intramolecular Hbond substituents is 2. The van der Waals surface area contributed by atoms with Crippen molar-refractivity contribution in [1.82, 2.24) is 0 Å². The predicted molar refractivity (Wildman–Crippen MR) is 235 cm³/mol. The van der Waals surface area contributed by atoms with Gasteiger partial charge in [0.1, 0.15) is 11.5 Å². The monoisotopic (exact) mass is 768 g/mol. The maximum atomic E-state index is 14.1. The topological polar surface area (TPSA) is 139 Å². The number of aryl methyl sites for hydroxylation is 2. The van der Waals surface area contributed by atoms with Crippen LogP contribution < -0.4 is 10.6 Å². The molecular formula is C50H44N2O6. The fourth-order valence-corrected chi connectivity index (χ4v) is 8.50. The van der Waals surface area contributed by atoms with Crippen molar-refractivity contribution in [1.29, 1.82) is 0 Å². The van der Waals surface area contributed by atoms with E-state index in [2.05, 4.69) is 10.6 Å². The van der Waals surface area contributed by atoms with E-state index in [0.717, 1.165) is 21.5 Å². The van der Waals surface area contributed by atoms with Gasteiger partial charge in [0.25, 0.3) is 0 Å². The van der Waals surface area contributed by atoms with Crippen LogP contribution in [-0.4, -0.2) is 32.0 Å². The van der Waals surface area contributed by atoms with E-state index in [1.807, 2.05) is 125 Å². The lowest BCUT2D eigenvalue weighted by Crippen LogP contribution is -2.20. The Bertz CT molecular complexity index is 2690. The first-order chi connectivity index (χ1) is 27.8. The van der Waals surface area contributed by atoms with Gasteiger partial charge < -0.3 is 31.1 Å². The summed E-state index contributed by atoms with van der Waals surface area (Å²) >= 11 is 0. The third-order valence-electron chi connectivity index (χ3n) is 11.2. The number of phenols is 2. The number of rotatable bonds is 7. The Morgan fingerprint density at radius 3 is 1.21 bits per heavy atom. The lowest BCUT2D eigenvalue weighted by molar-refractivity contribution is -0.113. The van der Waals surface area contributed by atoms with Crippen LogP contribution in [0, 0.1) is 25.7 Å². The molecule has 6 aromatic rings. The molecule has 2 aliphatic rings. The molecule has 0 saturated carbocycles. The van der Waals surface area contributed by atoms with Gasteiger partial charge in [-0.1, -0.05) is 100 Å². The lowest BCUT2D eigenvalue weighted by Gasteiger charge is -2.29. The van der Waals surface area contributed by atoms with Crippen LogP contribution in [0.4, 0.5) is 11.4 Å². The molecule has 0 radical (unpaired) electrons. The molecule has 0 aliphatic heterocycles. The molecule has 0 atom stereocenters. The number of hydrogen-bond donors (Lipinski definition) is 6. The molecular weight excluding hydrogens is 725 g/mol. The third kappa shape index (κ3) is 6.18. The molecule has 0 heterocycles. The van der Waals surface area contributed by atoms with E-state index in [1.165, 1.54) is 12.4 Å². The molecule has 0 bridgehead atoms. The number of aromatic hydroxyl groups is 2. The Labute approximate surface area is 336 Å². The molecule has 290 valence electrons. The number of fused-ring (bicyclic) bond motifs is 4. The fourth-order valence-electron chi connectivity index (χ4n) is 8.50. The number of Topliss-reactive ketones (excluding diaryl/α,β-unsaturated/α-hetero) is 2. The van der Waals surface area contributed by atoms with E-state index in [0.29, 0.717) is 44.8 Å². The van der Waals surface area contributed by atoms with Crippen LogP contribution in [0.5, 0.6) is 11.5 Å². The van der Waals surface area contributed by atoms with Gasteiger partial charge in [-0.25, -0.2) is 0 Å². The standard InChI is InChI=1S/C50H44N2O6/c1-25(2)39-35-19-27(5)41(47(55)43(35)37(45(53)49(39)57)23-51-33-17-15-29-11-7-9-13-31(29)21-33)42-28(6)20-36-40(26(3)4)50(58)46(54)38(44(36)48(42)56)24-52-34-18-16-30-12-8-10-14-32(30)22-34/h7-26,51-52,55-58H,1-6H3/b37-23-,38-24-. The SMILES string of the molecule is Cc1cc2c(c(O)c1-c1c(C)cc3c(c1O)/C(=C/Nc1ccc4ccccc4c1)C(=O)C(O)=C3C(C)C)/C(=C/Nc1ccc3ccccc3c1)C(=O)C(O)=C2C(C)C. The van der Waals surface area contributed by atoms with Crippen LogP contribution in [0.15, 0.2) is 121 Å². The quantitative estimate of drug-likeness (QED) is 0.0883. The molecule has 0 saturated heterocycles. The minimum atomic E-state index is -0.654. The zero-order valence-corrected chi connectivity index (χ0v) is 33.2. The van der Waals surface area contributed by atoms with Crippen molar-refractivity contribution < 1.29 is 30.0 Å². The number of allylic oxidation sites excluding steroid dienone is 4. The molecule has 0 spiro atoms. The van der Waals surface area contributed by atoms with Crippen molar-refractivity contribution in [2.24, 2.45) is 11.8 Å². The maximum Gasteiger partial charge on any atom is 0.229 e. The predicted octanol–water partition coefficient (Wildman–Crippen LogP) is 11.6. The summed E-state index contributed by atoms with van der Waals surface area (Å²) in [6.07, 6.45) is 2.99. The first-order valence-corrected chi connectivity index (χ1v) is 19.4. The normalized spacial score (nSPS) is 15.7. The van der Waals surface area contributed by atoms with Crippen LogP contribution in [-0.2, 0) is 9.59 Å². The van der Waals surface area contributed by atoms with Gasteiger partial charge in [-0.2, -0.15) is 0 Å². The van der Waals surface area contributed by atoms with E-state index >= 15 is 0 Å². The Morgan fingerprint density at radius 2 is 0.845 bits per heavy atom. The smallest absolute Gasteiger partial charge is 0.229 e. The van der Waals surface area contributed by atoms with Crippen molar-refractivity contribution in [3.8, 4) is 22.6 Å². The largest absolute Gasteiger partial charge is 0.507 e. The van der Waals surface area contributed by atoms with Crippen LogP contribution in [0.25, 0.3) is 55.0 Å². The number of aliphatic hydroxyl groups excluding tert-OH is 2. The number of nitrogens with one attached hydrogen (secondary N) is 2. The summed E-state index contributed by atoms with van der Waals surface area (Å²) in [6.45, 7) is 11.1. The summed E-state index contributed by atoms with van der Waals surface area (Å²) in [5.74, 6) is -3.17. The summed E-state index contributed by atoms with van der Waals surface area (Å²) in [5.41, 5.74) is 5.39. The average molecular weight is 769 g/mol. The summed E-state index contributed by atoms with van der Waals surface area (Å²) in [5, 5.41) is 58.2. The number of aliphatic hydroxyl groups is 2. The number of hydrogen-bond acceptors (Lipinski definition) is 8. The molecule has 6 aromatic carbocycles. The summed E-state index contributed by atoms with van der Waals surface area (Å²) in [4.78, 5) is 28.1. The first-order valence-electron chi connectivity index (χ1n) is 19.4. The third-order valence-corrected chi connectivity index (χ3v) is 11.2. The van der Waals surface area contributed by atoms with E-state index in [1.54, 1.807) is 13.8 Å². The molecule has 6 N–H and O–H groups in total. The van der Waals surface area contributed by atoms with Gasteiger partial charge in [0, 0.05) is 57.2 Å². The molecule has 0 fully saturated rings. The Hall–Kier alpha value is -7.06. The summed E-state index contributed by atoms with van der Waals surface area (Å²) in [7, 11) is 0. The van der Waals surface area contributed by atoms with Crippen molar-refractivity contribution in [2.75, 3.05) is 10.6 Å². The minimum absolute atomic E-state index is 0.0456. The van der Waals surface area contributed by atoms with Gasteiger partial charge in [0.05, 0.1) is 11.1 Å². The highest BCUT2D eigenvalue weighted by Gasteiger charge is 2.38. The van der Waals surface area contributed by atoms with E-state index in [4.69, 9.17) is 0 Å². The van der Waals surface area contributed by atoms with Gasteiger partial charge in [-0.05, 0) is 93.7 Å². The molecule has 0 aromatic heterocycles. The second-order valence-corrected chi connectivity index (χ2v) is 15.7. The summed E-state index contributed by atoms with van der Waals surface area (Å²) in [6, 6.07) is 31.0. The fraction of sp³-hybridized carbons (Fsp3) is 0.160. The van der Waals surface area contributed by atoms with Crippen molar-refractivity contribution in [2.45, 2.75) is 41.5 Å². The molecule has 2 aliphatic carbocycles. The van der Waals surface area contributed by atoms with Gasteiger partial charge in [-0.3, -0.25) is 9.59 Å². The van der Waals surface area contributed by atoms with Gasteiger partial charge in [0.2, 0.25) is 11.6 Å². The maximum absolute atomic E-state index is 14.1. The second-order valence-electron chi connectivity index (χ2n) is 15.7. The first kappa shape index (κ1) is 37.8. The van der Waals surface area contributed by atoms with E-state index in [-0.39, 0.29) is 56.7 Å². The van der Waals surface area contributed by atoms with Crippen LogP contribution in [0.1, 0.15) is 61.1 Å². The molecule has 0 unspecified atom stereocenters. The Morgan fingerprint density at radius 1 is 0.483 bits per heavy atom.